The van der Waals surface area contributed by atoms with Gasteiger partial charge in [-0.3, -0.25) is 14.9 Å². The quantitative estimate of drug-likeness (QED) is 0.475. The van der Waals surface area contributed by atoms with Crippen LogP contribution in [-0.4, -0.2) is 35.0 Å². The number of terminal acetylenes is 1. The molecule has 0 aliphatic heterocycles. The van der Waals surface area contributed by atoms with Gasteiger partial charge in [0.15, 0.2) is 0 Å². The smallest absolute Gasteiger partial charge is 0.322 e. The molecular formula is C13H11F3N2O3. The van der Waals surface area contributed by atoms with Gasteiger partial charge >= 0.3 is 6.18 Å². The SMILES string of the molecule is C#CCN(CC(F)(F)F)C(=O)Cc1ccccc1[N+](=O)[O-]. The van der Waals surface area contributed by atoms with E-state index >= 15 is 0 Å². The first-order chi connectivity index (χ1) is 9.74. The van der Waals surface area contributed by atoms with E-state index in [1.54, 1.807) is 0 Å². The van der Waals surface area contributed by atoms with E-state index < -0.39 is 36.5 Å². The fourth-order valence-electron chi connectivity index (χ4n) is 1.67. The Bertz CT molecular complexity index is 579. The minimum absolute atomic E-state index is 0.0386. The number of hydrogen-bond acceptors (Lipinski definition) is 3. The summed E-state index contributed by atoms with van der Waals surface area (Å²) in [5.74, 6) is 1.05. The number of para-hydroxylation sites is 1. The average molecular weight is 300 g/mol. The Morgan fingerprint density at radius 2 is 2.00 bits per heavy atom. The van der Waals surface area contributed by atoms with Gasteiger partial charge in [0.25, 0.3) is 5.69 Å². The molecular weight excluding hydrogens is 289 g/mol. The molecule has 21 heavy (non-hydrogen) atoms. The minimum Gasteiger partial charge on any atom is -0.322 e. The van der Waals surface area contributed by atoms with Crippen molar-refractivity contribution in [2.24, 2.45) is 0 Å². The van der Waals surface area contributed by atoms with Gasteiger partial charge in [0.2, 0.25) is 5.91 Å². The molecule has 8 heteroatoms. The number of amides is 1. The van der Waals surface area contributed by atoms with Gasteiger partial charge in [0.05, 0.1) is 17.9 Å². The van der Waals surface area contributed by atoms with E-state index in [0.717, 1.165) is 0 Å². The summed E-state index contributed by atoms with van der Waals surface area (Å²) >= 11 is 0. The first-order valence-electron chi connectivity index (χ1n) is 5.75. The lowest BCUT2D eigenvalue weighted by Gasteiger charge is -2.21. The van der Waals surface area contributed by atoms with Crippen LogP contribution in [-0.2, 0) is 11.2 Å². The molecule has 0 bridgehead atoms. The highest BCUT2D eigenvalue weighted by Crippen LogP contribution is 2.21. The van der Waals surface area contributed by atoms with Crippen molar-refractivity contribution in [1.29, 1.82) is 0 Å². The van der Waals surface area contributed by atoms with Crippen LogP contribution < -0.4 is 0 Å². The predicted octanol–water partition coefficient (Wildman–Crippen LogP) is 2.16. The van der Waals surface area contributed by atoms with Crippen LogP contribution in [0.5, 0.6) is 0 Å². The molecule has 1 rings (SSSR count). The second kappa shape index (κ2) is 6.74. The maximum atomic E-state index is 12.4. The van der Waals surface area contributed by atoms with Gasteiger partial charge in [-0.25, -0.2) is 0 Å². The number of benzene rings is 1. The zero-order valence-corrected chi connectivity index (χ0v) is 10.8. The maximum Gasteiger partial charge on any atom is 0.406 e. The Morgan fingerprint density at radius 1 is 1.38 bits per heavy atom. The third kappa shape index (κ3) is 5.14. The van der Waals surface area contributed by atoms with Crippen molar-refractivity contribution in [3.8, 4) is 12.3 Å². The first-order valence-corrected chi connectivity index (χ1v) is 5.75. The zero-order valence-electron chi connectivity index (χ0n) is 10.8. The molecule has 0 unspecified atom stereocenters. The van der Waals surface area contributed by atoms with Crippen molar-refractivity contribution in [2.75, 3.05) is 13.1 Å². The minimum atomic E-state index is -4.59. The van der Waals surface area contributed by atoms with Crippen LogP contribution in [0.15, 0.2) is 24.3 Å². The molecule has 0 fully saturated rings. The highest BCUT2D eigenvalue weighted by atomic mass is 19.4. The lowest BCUT2D eigenvalue weighted by molar-refractivity contribution is -0.385. The van der Waals surface area contributed by atoms with Crippen molar-refractivity contribution in [3.05, 3.63) is 39.9 Å². The number of alkyl halides is 3. The van der Waals surface area contributed by atoms with Gasteiger partial charge in [-0.15, -0.1) is 6.42 Å². The summed E-state index contributed by atoms with van der Waals surface area (Å²) in [6.07, 6.45) is -0.169. The summed E-state index contributed by atoms with van der Waals surface area (Å²) in [6.45, 7) is -2.00. The molecule has 0 atom stereocenters. The third-order valence-electron chi connectivity index (χ3n) is 2.53. The van der Waals surface area contributed by atoms with Crippen LogP contribution in [0.25, 0.3) is 0 Å². The normalized spacial score (nSPS) is 10.8. The van der Waals surface area contributed by atoms with E-state index in [1.165, 1.54) is 24.3 Å². The number of nitro groups is 1. The zero-order chi connectivity index (χ0) is 16.0. The highest BCUT2D eigenvalue weighted by Gasteiger charge is 2.33. The summed E-state index contributed by atoms with van der Waals surface area (Å²) in [7, 11) is 0. The highest BCUT2D eigenvalue weighted by molar-refractivity contribution is 5.80. The predicted molar refractivity (Wildman–Crippen MR) is 68.3 cm³/mol. The van der Waals surface area contributed by atoms with Crippen LogP contribution in [0.2, 0.25) is 0 Å². The molecule has 0 radical (unpaired) electrons. The molecule has 0 spiro atoms. The van der Waals surface area contributed by atoms with E-state index in [9.17, 15) is 28.1 Å². The van der Waals surface area contributed by atoms with Crippen LogP contribution in [0, 0.1) is 22.5 Å². The van der Waals surface area contributed by atoms with Crippen LogP contribution in [0.1, 0.15) is 5.56 Å². The lowest BCUT2D eigenvalue weighted by atomic mass is 10.1. The van der Waals surface area contributed by atoms with E-state index in [4.69, 9.17) is 6.42 Å². The van der Waals surface area contributed by atoms with Crippen molar-refractivity contribution in [1.82, 2.24) is 4.90 Å². The molecule has 5 nitrogen and oxygen atoms in total. The average Bonchev–Trinajstić information content (AvgIpc) is 2.37. The number of hydrogen-bond donors (Lipinski definition) is 0. The second-order valence-electron chi connectivity index (χ2n) is 4.13. The van der Waals surface area contributed by atoms with E-state index in [0.29, 0.717) is 4.90 Å². The Kier molecular flexibility index (Phi) is 5.30. The fourth-order valence-corrected chi connectivity index (χ4v) is 1.67. The van der Waals surface area contributed by atoms with Gasteiger partial charge in [-0.1, -0.05) is 24.1 Å². The number of halogens is 3. The number of carbonyl (C=O) groups is 1. The standard InChI is InChI=1S/C13H11F3N2O3/c1-2-7-17(9-13(14,15)16)12(19)8-10-5-3-4-6-11(10)18(20)21/h1,3-6H,7-9H2. The third-order valence-corrected chi connectivity index (χ3v) is 2.53. The van der Waals surface area contributed by atoms with Gasteiger partial charge in [0, 0.05) is 11.6 Å². The van der Waals surface area contributed by atoms with E-state index in [2.05, 4.69) is 0 Å². The van der Waals surface area contributed by atoms with Crippen LogP contribution in [0.3, 0.4) is 0 Å². The molecule has 0 heterocycles. The van der Waals surface area contributed by atoms with Crippen LogP contribution >= 0.6 is 0 Å². The maximum absolute atomic E-state index is 12.4. The molecule has 0 saturated carbocycles. The summed E-state index contributed by atoms with van der Waals surface area (Å²) in [4.78, 5) is 22.4. The van der Waals surface area contributed by atoms with E-state index in [1.807, 2.05) is 5.92 Å². The van der Waals surface area contributed by atoms with Gasteiger partial charge < -0.3 is 4.90 Å². The summed E-state index contributed by atoms with van der Waals surface area (Å²) in [5.41, 5.74) is -0.282. The number of nitrogens with zero attached hydrogens (tertiary/aromatic N) is 2. The molecule has 0 aliphatic carbocycles. The summed E-state index contributed by atoms with van der Waals surface area (Å²) in [6, 6.07) is 5.36. The van der Waals surface area contributed by atoms with Crippen LogP contribution in [0.4, 0.5) is 18.9 Å². The van der Waals surface area contributed by atoms with Gasteiger partial charge in [-0.05, 0) is 0 Å². The van der Waals surface area contributed by atoms with Crippen molar-refractivity contribution < 1.29 is 22.9 Å². The Balaban J connectivity index is 2.92. The molecule has 0 N–H and O–H groups in total. The number of nitro benzene ring substituents is 1. The largest absolute Gasteiger partial charge is 0.406 e. The van der Waals surface area contributed by atoms with Gasteiger partial charge in [-0.2, -0.15) is 13.2 Å². The van der Waals surface area contributed by atoms with Gasteiger partial charge in [0.1, 0.15) is 6.54 Å². The Labute approximate surface area is 118 Å². The Hall–Kier alpha value is -2.56. The summed E-state index contributed by atoms with van der Waals surface area (Å²) < 4.78 is 37.1. The molecule has 0 aromatic heterocycles. The summed E-state index contributed by atoms with van der Waals surface area (Å²) in [5, 5.41) is 10.8. The molecule has 1 aromatic carbocycles. The number of carbonyl (C=O) groups excluding carboxylic acids is 1. The molecule has 1 aromatic rings. The first kappa shape index (κ1) is 16.5. The van der Waals surface area contributed by atoms with Crippen molar-refractivity contribution in [3.63, 3.8) is 0 Å². The molecule has 0 aliphatic rings. The molecule has 0 saturated heterocycles. The van der Waals surface area contributed by atoms with Crippen molar-refractivity contribution in [2.45, 2.75) is 12.6 Å². The van der Waals surface area contributed by atoms with E-state index in [-0.39, 0.29) is 11.3 Å². The Morgan fingerprint density at radius 3 is 2.52 bits per heavy atom. The molecule has 112 valence electrons. The van der Waals surface area contributed by atoms with Crippen molar-refractivity contribution >= 4 is 11.6 Å². The monoisotopic (exact) mass is 300 g/mol. The fraction of sp³-hybridized carbons (Fsp3) is 0.308. The second-order valence-corrected chi connectivity index (χ2v) is 4.13. The molecule has 1 amide bonds. The lowest BCUT2D eigenvalue weighted by Crippen LogP contribution is -2.40. The number of rotatable bonds is 5. The topological polar surface area (TPSA) is 63.5 Å².